The maximum absolute atomic E-state index is 12.0. The van der Waals surface area contributed by atoms with Gasteiger partial charge in [0.25, 0.3) is 0 Å². The largest absolute Gasteiger partial charge is 0.379 e. The molecule has 1 fully saturated rings. The molecule has 126 valence electrons. The maximum Gasteiger partial charge on any atom is 0.244 e. The quantitative estimate of drug-likeness (QED) is 0.812. The summed E-state index contributed by atoms with van der Waals surface area (Å²) in [7, 11) is 0. The Bertz CT molecular complexity index is 522. The molecule has 2 rings (SSSR count). The fourth-order valence-corrected chi connectivity index (χ4v) is 2.83. The molecule has 23 heavy (non-hydrogen) atoms. The van der Waals surface area contributed by atoms with E-state index in [4.69, 9.17) is 16.3 Å². The molecule has 1 aromatic carbocycles. The Labute approximate surface area is 143 Å². The molecule has 4 nitrogen and oxygen atoms in total. The van der Waals surface area contributed by atoms with Crippen LogP contribution in [-0.4, -0.2) is 49.7 Å². The van der Waals surface area contributed by atoms with Gasteiger partial charge in [0.15, 0.2) is 0 Å². The van der Waals surface area contributed by atoms with E-state index in [1.807, 2.05) is 24.3 Å². The van der Waals surface area contributed by atoms with Gasteiger partial charge in [-0.2, -0.15) is 0 Å². The van der Waals surface area contributed by atoms with Crippen LogP contribution in [0.2, 0.25) is 5.02 Å². The van der Waals surface area contributed by atoms with E-state index in [-0.39, 0.29) is 5.91 Å². The second-order valence-electron chi connectivity index (χ2n) is 6.09. The van der Waals surface area contributed by atoms with E-state index in [1.54, 1.807) is 12.2 Å². The van der Waals surface area contributed by atoms with Crippen molar-refractivity contribution < 1.29 is 9.53 Å². The highest BCUT2D eigenvalue weighted by Gasteiger charge is 2.23. The van der Waals surface area contributed by atoms with E-state index in [0.717, 1.165) is 31.9 Å². The lowest BCUT2D eigenvalue weighted by atomic mass is 10.0. The van der Waals surface area contributed by atoms with Crippen LogP contribution in [0.5, 0.6) is 0 Å². The molecule has 1 aliphatic rings. The molecular weight excluding hydrogens is 312 g/mol. The third kappa shape index (κ3) is 5.98. The van der Waals surface area contributed by atoms with Crippen molar-refractivity contribution in [3.05, 3.63) is 40.9 Å². The molecule has 0 aromatic heterocycles. The Morgan fingerprint density at radius 3 is 2.57 bits per heavy atom. The predicted octanol–water partition coefficient (Wildman–Crippen LogP) is 2.83. The average molecular weight is 337 g/mol. The number of hydrogen-bond acceptors (Lipinski definition) is 3. The van der Waals surface area contributed by atoms with Crippen molar-refractivity contribution >= 4 is 23.6 Å². The summed E-state index contributed by atoms with van der Waals surface area (Å²) in [6, 6.07) is 7.73. The van der Waals surface area contributed by atoms with E-state index >= 15 is 0 Å². The van der Waals surface area contributed by atoms with Gasteiger partial charge in [-0.15, -0.1) is 0 Å². The summed E-state index contributed by atoms with van der Waals surface area (Å²) in [5.74, 6) is 0.410. The van der Waals surface area contributed by atoms with Crippen LogP contribution in [0.25, 0.3) is 6.08 Å². The number of nitrogens with one attached hydrogen (secondary N) is 1. The number of hydrogen-bond donors (Lipinski definition) is 1. The van der Waals surface area contributed by atoms with Gasteiger partial charge >= 0.3 is 0 Å². The maximum atomic E-state index is 12.0. The van der Waals surface area contributed by atoms with Gasteiger partial charge in [0.1, 0.15) is 0 Å². The third-order valence-corrected chi connectivity index (χ3v) is 4.32. The highest BCUT2D eigenvalue weighted by Crippen LogP contribution is 2.13. The van der Waals surface area contributed by atoms with Gasteiger partial charge in [0.2, 0.25) is 5.91 Å². The molecule has 1 unspecified atom stereocenters. The van der Waals surface area contributed by atoms with Gasteiger partial charge in [-0.3, -0.25) is 9.69 Å². The van der Waals surface area contributed by atoms with Crippen molar-refractivity contribution in [3.63, 3.8) is 0 Å². The zero-order valence-electron chi connectivity index (χ0n) is 13.8. The SMILES string of the molecule is CC(C)C(CNC(=O)C=Cc1ccc(Cl)cc1)N1CCOCC1. The highest BCUT2D eigenvalue weighted by atomic mass is 35.5. The van der Waals surface area contributed by atoms with Gasteiger partial charge in [-0.05, 0) is 29.7 Å². The first-order valence-electron chi connectivity index (χ1n) is 8.09. The first kappa shape index (κ1) is 18.0. The van der Waals surface area contributed by atoms with Gasteiger partial charge in [0, 0.05) is 36.8 Å². The van der Waals surface area contributed by atoms with Crippen LogP contribution in [0.15, 0.2) is 30.3 Å². The number of halogens is 1. The Balaban J connectivity index is 1.84. The van der Waals surface area contributed by atoms with Crippen LogP contribution in [-0.2, 0) is 9.53 Å². The first-order chi connectivity index (χ1) is 11.1. The Morgan fingerprint density at radius 1 is 1.30 bits per heavy atom. The van der Waals surface area contributed by atoms with Crippen molar-refractivity contribution in [2.24, 2.45) is 5.92 Å². The Hall–Kier alpha value is -1.36. The lowest BCUT2D eigenvalue weighted by Gasteiger charge is -2.36. The summed E-state index contributed by atoms with van der Waals surface area (Å²) >= 11 is 5.85. The molecule has 1 aromatic rings. The monoisotopic (exact) mass is 336 g/mol. The van der Waals surface area contributed by atoms with Crippen LogP contribution >= 0.6 is 11.6 Å². The molecule has 0 radical (unpaired) electrons. The number of morpholine rings is 1. The molecule has 1 atom stereocenters. The van der Waals surface area contributed by atoms with Crippen LogP contribution in [0.4, 0.5) is 0 Å². The number of amides is 1. The number of rotatable bonds is 6. The van der Waals surface area contributed by atoms with Crippen LogP contribution < -0.4 is 5.32 Å². The summed E-state index contributed by atoms with van der Waals surface area (Å²) < 4.78 is 5.40. The molecule has 0 aliphatic carbocycles. The summed E-state index contributed by atoms with van der Waals surface area (Å²) in [6.45, 7) is 8.44. The van der Waals surface area contributed by atoms with E-state index in [2.05, 4.69) is 24.1 Å². The van der Waals surface area contributed by atoms with Gasteiger partial charge in [-0.25, -0.2) is 0 Å². The Morgan fingerprint density at radius 2 is 1.96 bits per heavy atom. The van der Waals surface area contributed by atoms with E-state index in [0.29, 0.717) is 23.5 Å². The molecule has 1 amide bonds. The minimum Gasteiger partial charge on any atom is -0.379 e. The molecule has 5 heteroatoms. The smallest absolute Gasteiger partial charge is 0.244 e. The van der Waals surface area contributed by atoms with Gasteiger partial charge in [-0.1, -0.05) is 37.6 Å². The highest BCUT2D eigenvalue weighted by molar-refractivity contribution is 6.30. The fourth-order valence-electron chi connectivity index (χ4n) is 2.71. The third-order valence-electron chi connectivity index (χ3n) is 4.07. The van der Waals surface area contributed by atoms with Crippen LogP contribution in [0, 0.1) is 5.92 Å². The van der Waals surface area contributed by atoms with E-state index in [1.165, 1.54) is 0 Å². The van der Waals surface area contributed by atoms with E-state index in [9.17, 15) is 4.79 Å². The van der Waals surface area contributed by atoms with Gasteiger partial charge in [0.05, 0.1) is 13.2 Å². The van der Waals surface area contributed by atoms with Crippen molar-refractivity contribution in [1.82, 2.24) is 10.2 Å². The minimum absolute atomic E-state index is 0.0705. The number of carbonyl (C=O) groups is 1. The predicted molar refractivity (Wildman–Crippen MR) is 94.5 cm³/mol. The zero-order chi connectivity index (χ0) is 16.7. The molecule has 0 saturated carbocycles. The molecule has 1 N–H and O–H groups in total. The van der Waals surface area contributed by atoms with Crippen molar-refractivity contribution in [2.75, 3.05) is 32.8 Å². The lowest BCUT2D eigenvalue weighted by Crippen LogP contribution is -2.51. The fraction of sp³-hybridized carbons (Fsp3) is 0.500. The second kappa shape index (κ2) is 9.06. The number of nitrogens with zero attached hydrogens (tertiary/aromatic N) is 1. The normalized spacial score (nSPS) is 17.6. The molecule has 1 saturated heterocycles. The molecular formula is C18H25ClN2O2. The van der Waals surface area contributed by atoms with Crippen LogP contribution in [0.3, 0.4) is 0 Å². The summed E-state index contributed by atoms with van der Waals surface area (Å²) in [6.07, 6.45) is 3.37. The molecule has 1 heterocycles. The number of ether oxygens (including phenoxy) is 1. The van der Waals surface area contributed by atoms with Crippen molar-refractivity contribution in [1.29, 1.82) is 0 Å². The number of carbonyl (C=O) groups excluding carboxylic acids is 1. The minimum atomic E-state index is -0.0705. The van der Waals surface area contributed by atoms with E-state index < -0.39 is 0 Å². The molecule has 0 bridgehead atoms. The summed E-state index contributed by atoms with van der Waals surface area (Å²) in [5.41, 5.74) is 0.957. The molecule has 0 spiro atoms. The van der Waals surface area contributed by atoms with Crippen molar-refractivity contribution in [3.8, 4) is 0 Å². The average Bonchev–Trinajstić information content (AvgIpc) is 2.55. The van der Waals surface area contributed by atoms with Gasteiger partial charge < -0.3 is 10.1 Å². The zero-order valence-corrected chi connectivity index (χ0v) is 14.6. The lowest BCUT2D eigenvalue weighted by molar-refractivity contribution is -0.116. The Kier molecular flexibility index (Phi) is 7.09. The second-order valence-corrected chi connectivity index (χ2v) is 6.53. The number of benzene rings is 1. The summed E-state index contributed by atoms with van der Waals surface area (Å²) in [5, 5.41) is 3.70. The topological polar surface area (TPSA) is 41.6 Å². The first-order valence-corrected chi connectivity index (χ1v) is 8.47. The van der Waals surface area contributed by atoms with Crippen LogP contribution in [0.1, 0.15) is 19.4 Å². The molecule has 1 aliphatic heterocycles. The standard InChI is InChI=1S/C18H25ClN2O2/c1-14(2)17(21-9-11-23-12-10-21)13-20-18(22)8-5-15-3-6-16(19)7-4-15/h3-8,14,17H,9-13H2,1-2H3,(H,20,22). The van der Waals surface area contributed by atoms with Crippen molar-refractivity contribution in [2.45, 2.75) is 19.9 Å². The summed E-state index contributed by atoms with van der Waals surface area (Å²) in [4.78, 5) is 14.4.